The van der Waals surface area contributed by atoms with Crippen molar-refractivity contribution in [3.63, 3.8) is 0 Å². The van der Waals surface area contributed by atoms with Crippen molar-refractivity contribution in [2.75, 3.05) is 31.6 Å². The third-order valence-electron chi connectivity index (χ3n) is 4.18. The zero-order valence-electron chi connectivity index (χ0n) is 10.9. The maximum Gasteiger partial charge on any atom is 0.0905 e. The lowest BCUT2D eigenvalue weighted by Crippen LogP contribution is -2.35. The van der Waals surface area contributed by atoms with Gasteiger partial charge in [-0.05, 0) is 24.3 Å². The first-order valence-electron chi connectivity index (χ1n) is 7.07. The molecule has 1 heterocycles. The molecule has 0 atom stereocenters. The summed E-state index contributed by atoms with van der Waals surface area (Å²) in [5, 5.41) is 0. The first-order valence-corrected chi connectivity index (χ1v) is 9.33. The molecule has 1 aromatic rings. The first kappa shape index (κ1) is 12.4. The van der Waals surface area contributed by atoms with Gasteiger partial charge in [0.25, 0.3) is 0 Å². The van der Waals surface area contributed by atoms with Gasteiger partial charge in [-0.3, -0.25) is 4.90 Å². The summed E-state index contributed by atoms with van der Waals surface area (Å²) in [6.45, 7) is 3.07. The molecular formula is C15H22NOP. The van der Waals surface area contributed by atoms with E-state index in [4.69, 9.17) is 0 Å². The predicted molar refractivity (Wildman–Crippen MR) is 76.7 cm³/mol. The maximum absolute atomic E-state index is 12.7. The molecule has 3 rings (SSSR count). The second-order valence-electron chi connectivity index (χ2n) is 5.89. The van der Waals surface area contributed by atoms with E-state index in [0.29, 0.717) is 0 Å². The van der Waals surface area contributed by atoms with E-state index in [1.165, 1.54) is 18.4 Å². The smallest absolute Gasteiger partial charge is 0.0905 e. The molecular weight excluding hydrogens is 241 g/mol. The van der Waals surface area contributed by atoms with Crippen LogP contribution in [0, 0.1) is 5.92 Å². The van der Waals surface area contributed by atoms with Crippen LogP contribution in [0.15, 0.2) is 30.3 Å². The van der Waals surface area contributed by atoms with Gasteiger partial charge in [-0.15, -0.1) is 0 Å². The molecule has 18 heavy (non-hydrogen) atoms. The normalized spacial score (nSPS) is 24.0. The molecule has 1 aliphatic heterocycles. The molecule has 0 N–H and O–H groups in total. The van der Waals surface area contributed by atoms with Crippen LogP contribution in [0.5, 0.6) is 0 Å². The lowest BCUT2D eigenvalue weighted by Gasteiger charge is -2.32. The lowest BCUT2D eigenvalue weighted by atomic mass is 10.2. The van der Waals surface area contributed by atoms with Crippen LogP contribution in [-0.2, 0) is 11.1 Å². The fourth-order valence-electron chi connectivity index (χ4n) is 2.82. The highest BCUT2D eigenvalue weighted by molar-refractivity contribution is 7.64. The number of nitrogens with zero attached hydrogens (tertiary/aromatic N) is 1. The van der Waals surface area contributed by atoms with Crippen LogP contribution in [0.1, 0.15) is 18.4 Å². The van der Waals surface area contributed by atoms with Crippen LogP contribution in [0.2, 0.25) is 0 Å². The first-order chi connectivity index (χ1) is 8.73. The van der Waals surface area contributed by atoms with Gasteiger partial charge in [-0.1, -0.05) is 30.3 Å². The minimum absolute atomic E-state index is 0.816. The van der Waals surface area contributed by atoms with E-state index >= 15 is 0 Å². The maximum atomic E-state index is 12.7. The second-order valence-corrected chi connectivity index (χ2v) is 9.27. The Labute approximate surface area is 110 Å². The Morgan fingerprint density at radius 3 is 2.39 bits per heavy atom. The topological polar surface area (TPSA) is 20.3 Å². The Balaban J connectivity index is 1.52. The Hall–Kier alpha value is -0.590. The molecule has 1 saturated heterocycles. The molecule has 1 saturated carbocycles. The van der Waals surface area contributed by atoms with Crippen LogP contribution >= 0.6 is 7.14 Å². The summed E-state index contributed by atoms with van der Waals surface area (Å²) in [5.41, 5.74) is 1.37. The van der Waals surface area contributed by atoms with Gasteiger partial charge in [0.05, 0.1) is 7.14 Å². The van der Waals surface area contributed by atoms with Gasteiger partial charge in [0.2, 0.25) is 0 Å². The van der Waals surface area contributed by atoms with Gasteiger partial charge in [0.15, 0.2) is 0 Å². The molecule has 2 aliphatic rings. The van der Waals surface area contributed by atoms with E-state index < -0.39 is 7.14 Å². The van der Waals surface area contributed by atoms with Crippen LogP contribution < -0.4 is 0 Å². The van der Waals surface area contributed by atoms with E-state index in [-0.39, 0.29) is 0 Å². The van der Waals surface area contributed by atoms with Crippen molar-refractivity contribution in [1.82, 2.24) is 4.90 Å². The minimum atomic E-state index is -1.79. The molecule has 3 heteroatoms. The summed E-state index contributed by atoms with van der Waals surface area (Å²) in [4.78, 5) is 2.46. The van der Waals surface area contributed by atoms with E-state index in [9.17, 15) is 4.57 Å². The quantitative estimate of drug-likeness (QED) is 0.777. The molecule has 2 nitrogen and oxygen atoms in total. The zero-order chi connectivity index (χ0) is 12.4. The third-order valence-corrected chi connectivity index (χ3v) is 7.40. The molecule has 0 bridgehead atoms. The Morgan fingerprint density at radius 1 is 1.11 bits per heavy atom. The fourth-order valence-corrected chi connectivity index (χ4v) is 6.01. The zero-order valence-corrected chi connectivity index (χ0v) is 11.8. The Bertz CT molecular complexity index is 429. The summed E-state index contributed by atoms with van der Waals surface area (Å²) in [7, 11) is -1.79. The van der Waals surface area contributed by atoms with E-state index in [2.05, 4.69) is 35.2 Å². The van der Waals surface area contributed by atoms with E-state index in [0.717, 1.165) is 44.0 Å². The lowest BCUT2D eigenvalue weighted by molar-refractivity contribution is 0.286. The Morgan fingerprint density at radius 2 is 1.78 bits per heavy atom. The van der Waals surface area contributed by atoms with Crippen LogP contribution in [0.25, 0.3) is 0 Å². The van der Waals surface area contributed by atoms with Crippen molar-refractivity contribution in [2.24, 2.45) is 5.92 Å². The molecule has 2 fully saturated rings. The number of hydrogen-bond donors (Lipinski definition) is 0. The SMILES string of the molecule is O=P1(CC2CC2)CCN(Cc2ccccc2)CC1. The van der Waals surface area contributed by atoms with Gasteiger partial charge in [0.1, 0.15) is 0 Å². The van der Waals surface area contributed by atoms with Gasteiger partial charge in [-0.2, -0.15) is 0 Å². The molecule has 0 radical (unpaired) electrons. The minimum Gasteiger partial charge on any atom is -0.323 e. The van der Waals surface area contributed by atoms with Gasteiger partial charge >= 0.3 is 0 Å². The van der Waals surface area contributed by atoms with Gasteiger partial charge in [0, 0.05) is 38.1 Å². The van der Waals surface area contributed by atoms with Crippen molar-refractivity contribution >= 4 is 7.14 Å². The van der Waals surface area contributed by atoms with Crippen molar-refractivity contribution < 1.29 is 4.57 Å². The standard InChI is InChI=1S/C15H22NOP/c17-18(13-15-6-7-15)10-8-16(9-11-18)12-14-4-2-1-3-5-14/h1-5,15H,6-13H2. The van der Waals surface area contributed by atoms with Crippen LogP contribution in [0.3, 0.4) is 0 Å². The molecule has 1 aromatic carbocycles. The summed E-state index contributed by atoms with van der Waals surface area (Å²) >= 11 is 0. The summed E-state index contributed by atoms with van der Waals surface area (Å²) in [6.07, 6.45) is 5.62. The highest BCUT2D eigenvalue weighted by Crippen LogP contribution is 2.53. The number of rotatable bonds is 4. The van der Waals surface area contributed by atoms with Gasteiger partial charge in [-0.25, -0.2) is 0 Å². The van der Waals surface area contributed by atoms with E-state index in [1.807, 2.05) is 0 Å². The van der Waals surface area contributed by atoms with Crippen molar-refractivity contribution in [2.45, 2.75) is 19.4 Å². The molecule has 0 unspecified atom stereocenters. The largest absolute Gasteiger partial charge is 0.323 e. The van der Waals surface area contributed by atoms with E-state index in [1.54, 1.807) is 0 Å². The molecule has 0 amide bonds. The number of benzene rings is 1. The molecule has 98 valence electrons. The third kappa shape index (κ3) is 3.24. The van der Waals surface area contributed by atoms with Crippen molar-refractivity contribution in [1.29, 1.82) is 0 Å². The molecule has 1 aliphatic carbocycles. The monoisotopic (exact) mass is 263 g/mol. The highest BCUT2D eigenvalue weighted by atomic mass is 31.2. The predicted octanol–water partition coefficient (Wildman–Crippen LogP) is 3.28. The second kappa shape index (κ2) is 5.19. The summed E-state index contributed by atoms with van der Waals surface area (Å²) in [5.74, 6) is 0.816. The van der Waals surface area contributed by atoms with Crippen molar-refractivity contribution in [3.05, 3.63) is 35.9 Å². The summed E-state index contributed by atoms with van der Waals surface area (Å²) in [6, 6.07) is 10.6. The Kier molecular flexibility index (Phi) is 3.59. The average molecular weight is 263 g/mol. The fraction of sp³-hybridized carbons (Fsp3) is 0.600. The molecule has 0 aromatic heterocycles. The highest BCUT2D eigenvalue weighted by Gasteiger charge is 2.34. The number of hydrogen-bond acceptors (Lipinski definition) is 2. The summed E-state index contributed by atoms with van der Waals surface area (Å²) < 4.78 is 12.7. The molecule has 0 spiro atoms. The average Bonchev–Trinajstić information content (AvgIpc) is 3.17. The van der Waals surface area contributed by atoms with Crippen LogP contribution in [-0.4, -0.2) is 36.5 Å². The van der Waals surface area contributed by atoms with Crippen molar-refractivity contribution in [3.8, 4) is 0 Å². The van der Waals surface area contributed by atoms with Crippen LogP contribution in [0.4, 0.5) is 0 Å². The van der Waals surface area contributed by atoms with Gasteiger partial charge < -0.3 is 4.57 Å².